The monoisotopic (exact) mass is 190 g/mol. The average molecular weight is 190 g/mol. The van der Waals surface area contributed by atoms with E-state index in [2.05, 4.69) is 11.8 Å². The Balaban J connectivity index is 2.64. The molecule has 0 unspecified atom stereocenters. The molecule has 74 valence electrons. The number of hydrogen-bond donors (Lipinski definition) is 2. The van der Waals surface area contributed by atoms with Crippen molar-refractivity contribution in [1.82, 2.24) is 0 Å². The Labute approximate surface area is 84.2 Å². The molecular formula is C12H14O2. The van der Waals surface area contributed by atoms with Gasteiger partial charge in [-0.1, -0.05) is 37.0 Å². The first kappa shape index (κ1) is 10.8. The number of aliphatic hydroxyl groups excluding tert-OH is 2. The smallest absolute Gasteiger partial charge is 0.119 e. The van der Waals surface area contributed by atoms with Crippen LogP contribution in [0.1, 0.15) is 12.5 Å². The van der Waals surface area contributed by atoms with Crippen molar-refractivity contribution in [2.45, 2.75) is 13.0 Å². The Morgan fingerprint density at radius 2 is 1.93 bits per heavy atom. The Morgan fingerprint density at radius 1 is 1.29 bits per heavy atom. The molecule has 2 atom stereocenters. The first-order chi connectivity index (χ1) is 6.74. The molecule has 2 N–H and O–H groups in total. The van der Waals surface area contributed by atoms with Crippen LogP contribution in [0.2, 0.25) is 0 Å². The van der Waals surface area contributed by atoms with E-state index in [0.717, 1.165) is 5.56 Å². The minimum absolute atomic E-state index is 0.0510. The van der Waals surface area contributed by atoms with Gasteiger partial charge >= 0.3 is 0 Å². The SMILES string of the molecule is C[C@@H](CO)[C@@H](O)C#Cc1ccccc1. The quantitative estimate of drug-likeness (QED) is 0.684. The first-order valence-corrected chi connectivity index (χ1v) is 4.59. The molecule has 0 aliphatic carbocycles. The standard InChI is InChI=1S/C12H14O2/c1-10(9-13)12(14)8-7-11-5-3-2-4-6-11/h2-6,10,12-14H,9H2,1H3/t10-,12-/m0/s1. The fraction of sp³-hybridized carbons (Fsp3) is 0.333. The molecule has 0 amide bonds. The van der Waals surface area contributed by atoms with Crippen LogP contribution >= 0.6 is 0 Å². The lowest BCUT2D eigenvalue weighted by atomic mass is 10.1. The second kappa shape index (κ2) is 5.43. The van der Waals surface area contributed by atoms with Crippen molar-refractivity contribution in [2.75, 3.05) is 6.61 Å². The fourth-order valence-corrected chi connectivity index (χ4v) is 0.921. The van der Waals surface area contributed by atoms with Crippen molar-refractivity contribution in [1.29, 1.82) is 0 Å². The highest BCUT2D eigenvalue weighted by Gasteiger charge is 2.08. The van der Waals surface area contributed by atoms with Gasteiger partial charge in [-0.25, -0.2) is 0 Å². The first-order valence-electron chi connectivity index (χ1n) is 4.59. The Morgan fingerprint density at radius 3 is 2.50 bits per heavy atom. The van der Waals surface area contributed by atoms with E-state index in [1.807, 2.05) is 30.3 Å². The van der Waals surface area contributed by atoms with Crippen molar-refractivity contribution >= 4 is 0 Å². The summed E-state index contributed by atoms with van der Waals surface area (Å²) in [6.45, 7) is 1.70. The van der Waals surface area contributed by atoms with Crippen LogP contribution in [0.4, 0.5) is 0 Å². The molecule has 14 heavy (non-hydrogen) atoms. The lowest BCUT2D eigenvalue weighted by Gasteiger charge is -2.08. The van der Waals surface area contributed by atoms with E-state index in [1.54, 1.807) is 6.92 Å². The maximum absolute atomic E-state index is 9.45. The van der Waals surface area contributed by atoms with Gasteiger partial charge in [0.05, 0.1) is 0 Å². The minimum Gasteiger partial charge on any atom is -0.396 e. The number of hydrogen-bond acceptors (Lipinski definition) is 2. The van der Waals surface area contributed by atoms with Crippen molar-refractivity contribution in [3.63, 3.8) is 0 Å². The van der Waals surface area contributed by atoms with Gasteiger partial charge in [0.15, 0.2) is 0 Å². The molecule has 1 aromatic carbocycles. The summed E-state index contributed by atoms with van der Waals surface area (Å²) in [6.07, 6.45) is -0.764. The third-order valence-electron chi connectivity index (χ3n) is 1.97. The molecular weight excluding hydrogens is 176 g/mol. The summed E-state index contributed by atoms with van der Waals surface area (Å²) in [6, 6.07) is 9.46. The maximum Gasteiger partial charge on any atom is 0.119 e. The zero-order chi connectivity index (χ0) is 10.4. The van der Waals surface area contributed by atoms with E-state index in [4.69, 9.17) is 5.11 Å². The van der Waals surface area contributed by atoms with Crippen molar-refractivity contribution in [3.8, 4) is 11.8 Å². The van der Waals surface area contributed by atoms with Gasteiger partial charge in [0, 0.05) is 18.1 Å². The molecule has 2 nitrogen and oxygen atoms in total. The van der Waals surface area contributed by atoms with E-state index in [0.29, 0.717) is 0 Å². The average Bonchev–Trinajstić information content (AvgIpc) is 2.26. The Hall–Kier alpha value is -1.30. The maximum atomic E-state index is 9.45. The van der Waals surface area contributed by atoms with Crippen LogP contribution < -0.4 is 0 Å². The lowest BCUT2D eigenvalue weighted by Crippen LogP contribution is -2.18. The highest BCUT2D eigenvalue weighted by atomic mass is 16.3. The van der Waals surface area contributed by atoms with Gasteiger partial charge in [0.2, 0.25) is 0 Å². The van der Waals surface area contributed by atoms with Crippen molar-refractivity contribution in [3.05, 3.63) is 35.9 Å². The number of aliphatic hydroxyl groups is 2. The molecule has 0 radical (unpaired) electrons. The van der Waals surface area contributed by atoms with Gasteiger partial charge in [0.25, 0.3) is 0 Å². The van der Waals surface area contributed by atoms with E-state index in [-0.39, 0.29) is 12.5 Å². The summed E-state index contributed by atoms with van der Waals surface area (Å²) in [5, 5.41) is 18.2. The molecule has 0 aliphatic heterocycles. The van der Waals surface area contributed by atoms with Gasteiger partial charge in [-0.15, -0.1) is 0 Å². The summed E-state index contributed by atoms with van der Waals surface area (Å²) in [4.78, 5) is 0. The van der Waals surface area contributed by atoms with Crippen LogP contribution in [0.5, 0.6) is 0 Å². The van der Waals surface area contributed by atoms with Gasteiger partial charge < -0.3 is 10.2 Å². The summed E-state index contributed by atoms with van der Waals surface area (Å²) in [5.74, 6) is 5.34. The fourth-order valence-electron chi connectivity index (χ4n) is 0.921. The van der Waals surface area contributed by atoms with E-state index >= 15 is 0 Å². The molecule has 0 bridgehead atoms. The topological polar surface area (TPSA) is 40.5 Å². The largest absolute Gasteiger partial charge is 0.396 e. The molecule has 0 spiro atoms. The summed E-state index contributed by atoms with van der Waals surface area (Å²) < 4.78 is 0. The summed E-state index contributed by atoms with van der Waals surface area (Å²) in [7, 11) is 0. The number of rotatable bonds is 2. The van der Waals surface area contributed by atoms with Gasteiger partial charge in [-0.3, -0.25) is 0 Å². The minimum atomic E-state index is -0.764. The predicted octanol–water partition coefficient (Wildman–Crippen LogP) is 1.03. The zero-order valence-corrected chi connectivity index (χ0v) is 8.14. The van der Waals surface area contributed by atoms with Crippen LogP contribution in [0, 0.1) is 17.8 Å². The van der Waals surface area contributed by atoms with Crippen LogP contribution in [-0.4, -0.2) is 22.9 Å². The van der Waals surface area contributed by atoms with Gasteiger partial charge in [-0.2, -0.15) is 0 Å². The Bertz CT molecular complexity index is 321. The van der Waals surface area contributed by atoms with E-state index in [9.17, 15) is 5.11 Å². The van der Waals surface area contributed by atoms with Crippen LogP contribution in [0.25, 0.3) is 0 Å². The van der Waals surface area contributed by atoms with Crippen molar-refractivity contribution < 1.29 is 10.2 Å². The molecule has 1 aromatic rings. The van der Waals surface area contributed by atoms with Gasteiger partial charge in [-0.05, 0) is 12.1 Å². The molecule has 2 heteroatoms. The molecule has 0 saturated carbocycles. The number of benzene rings is 1. The third-order valence-corrected chi connectivity index (χ3v) is 1.97. The second-order valence-corrected chi connectivity index (χ2v) is 3.24. The normalized spacial score (nSPS) is 13.9. The van der Waals surface area contributed by atoms with Crippen LogP contribution in [-0.2, 0) is 0 Å². The second-order valence-electron chi connectivity index (χ2n) is 3.24. The predicted molar refractivity (Wildman–Crippen MR) is 55.6 cm³/mol. The molecule has 0 saturated heterocycles. The zero-order valence-electron chi connectivity index (χ0n) is 8.14. The molecule has 0 heterocycles. The molecule has 0 aromatic heterocycles. The Kier molecular flexibility index (Phi) is 4.18. The van der Waals surface area contributed by atoms with Crippen LogP contribution in [0.15, 0.2) is 30.3 Å². The molecule has 0 fully saturated rings. The van der Waals surface area contributed by atoms with E-state index in [1.165, 1.54) is 0 Å². The highest BCUT2D eigenvalue weighted by molar-refractivity contribution is 5.34. The lowest BCUT2D eigenvalue weighted by molar-refractivity contribution is 0.118. The molecule has 0 aliphatic rings. The van der Waals surface area contributed by atoms with E-state index < -0.39 is 6.10 Å². The van der Waals surface area contributed by atoms with Crippen LogP contribution in [0.3, 0.4) is 0 Å². The molecule has 1 rings (SSSR count). The third kappa shape index (κ3) is 3.21. The highest BCUT2D eigenvalue weighted by Crippen LogP contribution is 2.01. The summed E-state index contributed by atoms with van der Waals surface area (Å²) in [5.41, 5.74) is 0.872. The summed E-state index contributed by atoms with van der Waals surface area (Å²) >= 11 is 0. The van der Waals surface area contributed by atoms with Crippen molar-refractivity contribution in [2.24, 2.45) is 5.92 Å². The van der Waals surface area contributed by atoms with Gasteiger partial charge in [0.1, 0.15) is 6.10 Å².